The number of carbonyl (C=O) groups excluding carboxylic acids is 2. The fraction of sp³-hybridized carbons (Fsp3) is 0.459. The van der Waals surface area contributed by atoms with Crippen molar-refractivity contribution in [3.63, 3.8) is 0 Å². The Hall–Kier alpha value is -3.35. The van der Waals surface area contributed by atoms with Gasteiger partial charge in [0.15, 0.2) is 6.29 Å². The number of rotatable bonds is 14. The van der Waals surface area contributed by atoms with Crippen LogP contribution in [0.3, 0.4) is 0 Å². The van der Waals surface area contributed by atoms with Crippen LogP contribution >= 0.6 is 11.6 Å². The summed E-state index contributed by atoms with van der Waals surface area (Å²) in [7, 11) is 0. The molecule has 10 nitrogen and oxygen atoms in total. The van der Waals surface area contributed by atoms with E-state index in [1.165, 1.54) is 0 Å². The van der Waals surface area contributed by atoms with Crippen LogP contribution in [0.2, 0.25) is 5.02 Å². The molecule has 2 aliphatic rings. The quantitative estimate of drug-likeness (QED) is 0.0863. The molecule has 258 valence electrons. The number of hydroxylamine groups is 1. The third-order valence-electron chi connectivity index (χ3n) is 9.32. The van der Waals surface area contributed by atoms with Gasteiger partial charge in [0.2, 0.25) is 11.8 Å². The Balaban J connectivity index is 1.17. The number of nitrogens with zero attached hydrogens (tertiary/aromatic N) is 1. The Kier molecular flexibility index (Phi) is 13.0. The van der Waals surface area contributed by atoms with Crippen molar-refractivity contribution in [2.45, 2.75) is 88.6 Å². The Morgan fingerprint density at radius 1 is 0.833 bits per heavy atom. The highest BCUT2D eigenvalue weighted by Crippen LogP contribution is 2.39. The van der Waals surface area contributed by atoms with Crippen LogP contribution in [0.4, 0.5) is 0 Å². The van der Waals surface area contributed by atoms with Gasteiger partial charge in [-0.05, 0) is 60.1 Å². The highest BCUT2D eigenvalue weighted by molar-refractivity contribution is 6.30. The van der Waals surface area contributed by atoms with Crippen LogP contribution in [0.1, 0.15) is 91.6 Å². The van der Waals surface area contributed by atoms with E-state index in [0.717, 1.165) is 47.3 Å². The summed E-state index contributed by atoms with van der Waals surface area (Å²) in [6, 6.07) is 23.2. The normalized spacial score (nSPS) is 21.0. The van der Waals surface area contributed by atoms with Gasteiger partial charge in [-0.25, -0.2) is 5.48 Å². The third kappa shape index (κ3) is 10.1. The first-order valence-corrected chi connectivity index (χ1v) is 17.1. The van der Waals surface area contributed by atoms with E-state index < -0.39 is 17.8 Å². The lowest BCUT2D eigenvalue weighted by molar-refractivity contribution is -0.253. The minimum absolute atomic E-state index is 0.0181. The summed E-state index contributed by atoms with van der Waals surface area (Å²) in [6.07, 6.45) is 3.66. The highest BCUT2D eigenvalue weighted by atomic mass is 35.5. The number of ether oxygens (including phenoxy) is 2. The van der Waals surface area contributed by atoms with Gasteiger partial charge in [-0.1, -0.05) is 78.7 Å². The highest BCUT2D eigenvalue weighted by Gasteiger charge is 2.37. The van der Waals surface area contributed by atoms with Gasteiger partial charge < -0.3 is 29.9 Å². The van der Waals surface area contributed by atoms with E-state index in [2.05, 4.69) is 10.2 Å². The maximum Gasteiger partial charge on any atom is 0.243 e. The monoisotopic (exact) mass is 679 g/mol. The molecule has 11 heteroatoms. The van der Waals surface area contributed by atoms with E-state index in [4.69, 9.17) is 26.3 Å². The first kappa shape index (κ1) is 35.9. The molecule has 5 rings (SSSR count). The van der Waals surface area contributed by atoms with Crippen LogP contribution in [0.5, 0.6) is 0 Å². The third-order valence-corrected chi connectivity index (χ3v) is 9.57. The number of hydrogen-bond donors (Lipinski definition) is 5. The maximum atomic E-state index is 12.3. The number of halogens is 1. The molecule has 2 saturated heterocycles. The number of aliphatic hydroxyl groups excluding tert-OH is 1. The van der Waals surface area contributed by atoms with Gasteiger partial charge >= 0.3 is 0 Å². The van der Waals surface area contributed by atoms with Gasteiger partial charge in [0.1, 0.15) is 0 Å². The second kappa shape index (κ2) is 17.3. The van der Waals surface area contributed by atoms with Crippen molar-refractivity contribution in [3.8, 4) is 0 Å². The zero-order chi connectivity index (χ0) is 33.9. The van der Waals surface area contributed by atoms with E-state index in [1.54, 1.807) is 5.48 Å². The second-order valence-electron chi connectivity index (χ2n) is 12.8. The lowest BCUT2D eigenvalue weighted by Gasteiger charge is -2.42. The fourth-order valence-corrected chi connectivity index (χ4v) is 6.49. The van der Waals surface area contributed by atoms with Gasteiger partial charge in [0.25, 0.3) is 0 Å². The van der Waals surface area contributed by atoms with Crippen LogP contribution in [-0.2, 0) is 37.8 Å². The van der Waals surface area contributed by atoms with E-state index >= 15 is 0 Å². The van der Waals surface area contributed by atoms with Crippen molar-refractivity contribution >= 4 is 23.4 Å². The Bertz CT molecular complexity index is 1460. The molecule has 3 atom stereocenters. The molecule has 2 amide bonds. The zero-order valence-corrected chi connectivity index (χ0v) is 27.9. The molecule has 0 spiro atoms. The smallest absolute Gasteiger partial charge is 0.243 e. The number of benzene rings is 3. The average molecular weight is 680 g/mol. The lowest BCUT2D eigenvalue weighted by atomic mass is 9.84. The van der Waals surface area contributed by atoms with Crippen molar-refractivity contribution < 1.29 is 34.5 Å². The number of likely N-dealkylation sites (tertiary alicyclic amines) is 1. The first-order valence-electron chi connectivity index (χ1n) is 16.7. The molecular formula is C37H46ClN3O7. The van der Waals surface area contributed by atoms with Gasteiger partial charge in [-0.2, -0.15) is 0 Å². The summed E-state index contributed by atoms with van der Waals surface area (Å²) in [5.41, 5.74) is 5.34. The average Bonchev–Trinajstić information content (AvgIpc) is 3.12. The minimum Gasteiger partial charge on any atom is -0.392 e. The molecule has 3 aromatic carbocycles. The summed E-state index contributed by atoms with van der Waals surface area (Å²) in [6.45, 7) is 2.57. The largest absolute Gasteiger partial charge is 0.392 e. The molecule has 2 heterocycles. The summed E-state index contributed by atoms with van der Waals surface area (Å²) in [4.78, 5) is 25.7. The number of nitrogens with one attached hydrogen (secondary N) is 2. The van der Waals surface area contributed by atoms with Gasteiger partial charge in [0.05, 0.1) is 24.4 Å². The van der Waals surface area contributed by atoms with Crippen molar-refractivity contribution in [2.75, 3.05) is 19.6 Å². The van der Waals surface area contributed by atoms with Crippen molar-refractivity contribution in [3.05, 3.63) is 106 Å². The van der Waals surface area contributed by atoms with Crippen LogP contribution < -0.4 is 10.8 Å². The van der Waals surface area contributed by atoms with Gasteiger partial charge in [0, 0.05) is 56.0 Å². The SMILES string of the molecule is O=C(CCCCCC(=O)NCc1ccc([C@@H]2O[C@H](CN3CCC(O)(c4ccc(Cl)cc4)CC3)C[C@H](c3ccc(CO)cc3)O2)cc1)NO. The molecule has 0 radical (unpaired) electrons. The summed E-state index contributed by atoms with van der Waals surface area (Å²) < 4.78 is 13.1. The lowest BCUT2D eigenvalue weighted by Crippen LogP contribution is -2.46. The summed E-state index contributed by atoms with van der Waals surface area (Å²) >= 11 is 6.07. The predicted molar refractivity (Wildman–Crippen MR) is 181 cm³/mol. The Labute approximate surface area is 287 Å². The molecule has 0 bridgehead atoms. The van der Waals surface area contributed by atoms with E-state index in [-0.39, 0.29) is 31.1 Å². The fourth-order valence-electron chi connectivity index (χ4n) is 6.36. The van der Waals surface area contributed by atoms with E-state index in [0.29, 0.717) is 56.6 Å². The number of hydrogen-bond acceptors (Lipinski definition) is 8. The molecule has 3 aromatic rings. The molecule has 0 saturated carbocycles. The molecule has 0 aromatic heterocycles. The maximum absolute atomic E-state index is 12.3. The molecular weight excluding hydrogens is 634 g/mol. The van der Waals surface area contributed by atoms with Gasteiger partial charge in [-0.3, -0.25) is 14.8 Å². The number of piperidine rings is 1. The van der Waals surface area contributed by atoms with Crippen LogP contribution in [0.25, 0.3) is 0 Å². The molecule has 48 heavy (non-hydrogen) atoms. The molecule has 2 aliphatic heterocycles. The number of unbranched alkanes of at least 4 members (excludes halogenated alkanes) is 2. The van der Waals surface area contributed by atoms with E-state index in [1.807, 2.05) is 72.8 Å². The number of carbonyl (C=O) groups is 2. The predicted octanol–water partition coefficient (Wildman–Crippen LogP) is 5.43. The molecule has 0 aliphatic carbocycles. The standard InChI is InChI=1S/C37H46ClN3O7/c38-31-16-14-30(15-17-31)37(45)18-20-41(21-19-37)24-32-22-33(28-10-8-27(25-42)9-11-28)48-36(47-32)29-12-6-26(7-13-29)23-39-34(43)4-2-1-3-5-35(44)40-46/h6-17,32-33,36,42,45-46H,1-5,18-25H2,(H,39,43)(H,40,44)/t32-,33+,36+/m0/s1. The second-order valence-corrected chi connectivity index (χ2v) is 13.2. The Morgan fingerprint density at radius 3 is 2.10 bits per heavy atom. The van der Waals surface area contributed by atoms with Gasteiger partial charge in [-0.15, -0.1) is 0 Å². The van der Waals surface area contributed by atoms with Crippen molar-refractivity contribution in [2.24, 2.45) is 0 Å². The van der Waals surface area contributed by atoms with Crippen LogP contribution in [-0.4, -0.2) is 57.9 Å². The Morgan fingerprint density at radius 2 is 1.46 bits per heavy atom. The minimum atomic E-state index is -0.876. The summed E-state index contributed by atoms with van der Waals surface area (Å²) in [5, 5.41) is 33.1. The van der Waals surface area contributed by atoms with Crippen molar-refractivity contribution in [1.82, 2.24) is 15.7 Å². The first-order chi connectivity index (χ1) is 23.2. The van der Waals surface area contributed by atoms with Crippen LogP contribution in [0, 0.1) is 0 Å². The number of aliphatic hydroxyl groups is 2. The molecule has 5 N–H and O–H groups in total. The van der Waals surface area contributed by atoms with E-state index in [9.17, 15) is 19.8 Å². The molecule has 0 unspecified atom stereocenters. The zero-order valence-electron chi connectivity index (χ0n) is 27.2. The molecule has 2 fully saturated rings. The van der Waals surface area contributed by atoms with Crippen LogP contribution in [0.15, 0.2) is 72.8 Å². The van der Waals surface area contributed by atoms with Crippen molar-refractivity contribution in [1.29, 1.82) is 0 Å². The topological polar surface area (TPSA) is 141 Å². The summed E-state index contributed by atoms with van der Waals surface area (Å²) in [5.74, 6) is -0.465. The number of amides is 2.